The molecule has 0 amide bonds. The SMILES string of the molecule is O/N=C/c1cccc(CCCCN2CCN(Cc3ccccc3)CC2)n1. The first kappa shape index (κ1) is 18.5. The molecule has 1 saturated heterocycles. The molecule has 1 N–H and O–H groups in total. The minimum Gasteiger partial charge on any atom is -0.411 e. The van der Waals surface area contributed by atoms with Crippen LogP contribution in [0.15, 0.2) is 53.7 Å². The Morgan fingerprint density at radius 1 is 0.923 bits per heavy atom. The second-order valence-electron chi connectivity index (χ2n) is 6.86. The summed E-state index contributed by atoms with van der Waals surface area (Å²) in [6.07, 6.45) is 4.68. The van der Waals surface area contributed by atoms with Crippen LogP contribution in [0.3, 0.4) is 0 Å². The van der Waals surface area contributed by atoms with Crippen molar-refractivity contribution in [3.05, 3.63) is 65.5 Å². The van der Waals surface area contributed by atoms with Gasteiger partial charge in [0.1, 0.15) is 0 Å². The highest BCUT2D eigenvalue weighted by molar-refractivity contribution is 5.76. The largest absolute Gasteiger partial charge is 0.411 e. The molecular weight excluding hydrogens is 324 g/mol. The zero-order chi connectivity index (χ0) is 18.0. The number of hydrogen-bond acceptors (Lipinski definition) is 5. The highest BCUT2D eigenvalue weighted by Crippen LogP contribution is 2.10. The van der Waals surface area contributed by atoms with Crippen molar-refractivity contribution in [1.29, 1.82) is 0 Å². The number of unbranched alkanes of at least 4 members (excludes halogenated alkanes) is 1. The van der Waals surface area contributed by atoms with Crippen molar-refractivity contribution in [3.8, 4) is 0 Å². The number of benzene rings is 1. The van der Waals surface area contributed by atoms with Gasteiger partial charge in [-0.3, -0.25) is 9.88 Å². The molecule has 1 aliphatic rings. The number of hydrogen-bond donors (Lipinski definition) is 1. The predicted octanol–water partition coefficient (Wildman–Crippen LogP) is 3.03. The van der Waals surface area contributed by atoms with E-state index in [9.17, 15) is 0 Å². The molecule has 1 aromatic heterocycles. The van der Waals surface area contributed by atoms with Gasteiger partial charge in [-0.1, -0.05) is 41.6 Å². The molecular formula is C21H28N4O. The van der Waals surface area contributed by atoms with Crippen molar-refractivity contribution in [3.63, 3.8) is 0 Å². The van der Waals surface area contributed by atoms with Gasteiger partial charge in [-0.25, -0.2) is 0 Å². The molecule has 5 heteroatoms. The number of nitrogens with zero attached hydrogens (tertiary/aromatic N) is 4. The third kappa shape index (κ3) is 5.93. The first-order chi connectivity index (χ1) is 12.8. The van der Waals surface area contributed by atoms with E-state index in [1.807, 2.05) is 18.2 Å². The van der Waals surface area contributed by atoms with Crippen LogP contribution in [0, 0.1) is 0 Å². The molecule has 2 heterocycles. The minimum absolute atomic E-state index is 0.708. The van der Waals surface area contributed by atoms with Crippen molar-refractivity contribution in [2.75, 3.05) is 32.7 Å². The molecule has 1 fully saturated rings. The molecule has 1 aliphatic heterocycles. The molecule has 5 nitrogen and oxygen atoms in total. The van der Waals surface area contributed by atoms with Crippen molar-refractivity contribution >= 4 is 6.21 Å². The Hall–Kier alpha value is -2.24. The van der Waals surface area contributed by atoms with Crippen molar-refractivity contribution < 1.29 is 5.21 Å². The molecule has 3 rings (SSSR count). The number of oxime groups is 1. The van der Waals surface area contributed by atoms with E-state index >= 15 is 0 Å². The highest BCUT2D eigenvalue weighted by atomic mass is 16.4. The fourth-order valence-corrected chi connectivity index (χ4v) is 3.42. The van der Waals surface area contributed by atoms with Gasteiger partial charge in [0.25, 0.3) is 0 Å². The van der Waals surface area contributed by atoms with E-state index in [4.69, 9.17) is 5.21 Å². The Labute approximate surface area is 156 Å². The van der Waals surface area contributed by atoms with Gasteiger partial charge in [0.05, 0.1) is 11.9 Å². The molecule has 0 saturated carbocycles. The summed E-state index contributed by atoms with van der Waals surface area (Å²) in [5, 5.41) is 11.6. The number of aromatic nitrogens is 1. The first-order valence-electron chi connectivity index (χ1n) is 9.45. The molecule has 0 spiro atoms. The van der Waals surface area contributed by atoms with E-state index in [1.54, 1.807) is 0 Å². The van der Waals surface area contributed by atoms with E-state index in [2.05, 4.69) is 50.3 Å². The monoisotopic (exact) mass is 352 g/mol. The molecule has 138 valence electrons. The van der Waals surface area contributed by atoms with Crippen molar-refractivity contribution in [2.24, 2.45) is 5.16 Å². The van der Waals surface area contributed by atoms with Crippen LogP contribution in [0.25, 0.3) is 0 Å². The highest BCUT2D eigenvalue weighted by Gasteiger charge is 2.16. The summed E-state index contributed by atoms with van der Waals surface area (Å²) in [6.45, 7) is 6.85. The lowest BCUT2D eigenvalue weighted by Crippen LogP contribution is -2.46. The van der Waals surface area contributed by atoms with E-state index < -0.39 is 0 Å². The van der Waals surface area contributed by atoms with Crippen LogP contribution in [0.2, 0.25) is 0 Å². The third-order valence-electron chi connectivity index (χ3n) is 4.89. The van der Waals surface area contributed by atoms with E-state index in [0.29, 0.717) is 5.69 Å². The van der Waals surface area contributed by atoms with Gasteiger partial charge in [0.15, 0.2) is 0 Å². The number of aryl methyl sites for hydroxylation is 1. The molecule has 0 aliphatic carbocycles. The fraction of sp³-hybridized carbons (Fsp3) is 0.429. The average Bonchev–Trinajstić information content (AvgIpc) is 2.68. The molecule has 26 heavy (non-hydrogen) atoms. The van der Waals surface area contributed by atoms with Crippen LogP contribution in [-0.4, -0.2) is 58.9 Å². The maximum absolute atomic E-state index is 8.59. The van der Waals surface area contributed by atoms with Crippen LogP contribution < -0.4 is 0 Å². The van der Waals surface area contributed by atoms with Crippen molar-refractivity contribution in [1.82, 2.24) is 14.8 Å². The summed E-state index contributed by atoms with van der Waals surface area (Å²) in [6, 6.07) is 16.6. The van der Waals surface area contributed by atoms with E-state index in [1.165, 1.54) is 18.2 Å². The van der Waals surface area contributed by atoms with Gasteiger partial charge in [0.2, 0.25) is 0 Å². The Morgan fingerprint density at radius 2 is 1.69 bits per heavy atom. The van der Waals surface area contributed by atoms with Crippen LogP contribution in [0.5, 0.6) is 0 Å². The third-order valence-corrected chi connectivity index (χ3v) is 4.89. The summed E-state index contributed by atoms with van der Waals surface area (Å²) in [4.78, 5) is 9.59. The zero-order valence-electron chi connectivity index (χ0n) is 15.3. The Morgan fingerprint density at radius 3 is 2.46 bits per heavy atom. The zero-order valence-corrected chi connectivity index (χ0v) is 15.3. The summed E-state index contributed by atoms with van der Waals surface area (Å²) >= 11 is 0. The fourth-order valence-electron chi connectivity index (χ4n) is 3.42. The topological polar surface area (TPSA) is 52.0 Å². The Balaban J connectivity index is 1.32. The normalized spacial score (nSPS) is 16.3. The van der Waals surface area contributed by atoms with Crippen LogP contribution in [0.4, 0.5) is 0 Å². The average molecular weight is 352 g/mol. The molecule has 0 radical (unpaired) electrons. The summed E-state index contributed by atoms with van der Waals surface area (Å²) < 4.78 is 0. The number of rotatable bonds is 8. The maximum Gasteiger partial charge on any atom is 0.0918 e. The van der Waals surface area contributed by atoms with Crippen molar-refractivity contribution in [2.45, 2.75) is 25.8 Å². The van der Waals surface area contributed by atoms with Crippen LogP contribution in [0.1, 0.15) is 29.8 Å². The minimum atomic E-state index is 0.708. The molecule has 1 aromatic carbocycles. The predicted molar refractivity (Wildman–Crippen MR) is 105 cm³/mol. The lowest BCUT2D eigenvalue weighted by Gasteiger charge is -2.34. The van der Waals surface area contributed by atoms with Gasteiger partial charge >= 0.3 is 0 Å². The molecule has 0 bridgehead atoms. The van der Waals surface area contributed by atoms with E-state index in [-0.39, 0.29) is 0 Å². The number of pyridine rings is 1. The second kappa shape index (κ2) is 10.0. The maximum atomic E-state index is 8.59. The Bertz CT molecular complexity index is 681. The van der Waals surface area contributed by atoms with Gasteiger partial charge in [-0.2, -0.15) is 0 Å². The molecule has 2 aromatic rings. The Kier molecular flexibility index (Phi) is 7.16. The molecule has 0 atom stereocenters. The first-order valence-corrected chi connectivity index (χ1v) is 9.45. The van der Waals surface area contributed by atoms with Gasteiger partial charge in [0, 0.05) is 38.4 Å². The van der Waals surface area contributed by atoms with Crippen LogP contribution in [-0.2, 0) is 13.0 Å². The molecule has 0 unspecified atom stereocenters. The smallest absolute Gasteiger partial charge is 0.0918 e. The lowest BCUT2D eigenvalue weighted by molar-refractivity contribution is 0.125. The summed E-state index contributed by atoms with van der Waals surface area (Å²) in [5.41, 5.74) is 3.18. The quantitative estimate of drug-likeness (QED) is 0.343. The second-order valence-corrected chi connectivity index (χ2v) is 6.86. The lowest BCUT2D eigenvalue weighted by atomic mass is 10.1. The van der Waals surface area contributed by atoms with Gasteiger partial charge in [-0.15, -0.1) is 0 Å². The standard InChI is InChI=1S/C21H28N4O/c26-22-17-21-11-6-10-20(23-21)9-4-5-12-24-13-15-25(16-14-24)18-19-7-2-1-3-8-19/h1-3,6-8,10-11,17,26H,4-5,9,12-16,18H2/b22-17+. The number of piperazine rings is 1. The van der Waals surface area contributed by atoms with Gasteiger partial charge in [-0.05, 0) is 43.5 Å². The van der Waals surface area contributed by atoms with E-state index in [0.717, 1.165) is 57.8 Å². The van der Waals surface area contributed by atoms with Gasteiger partial charge < -0.3 is 10.1 Å². The summed E-state index contributed by atoms with van der Waals surface area (Å²) in [7, 11) is 0. The summed E-state index contributed by atoms with van der Waals surface area (Å²) in [5.74, 6) is 0. The van der Waals surface area contributed by atoms with Crippen LogP contribution >= 0.6 is 0 Å².